The molecule has 2 aromatic rings. The minimum atomic E-state index is 0.0267. The maximum Gasteiger partial charge on any atom is 0.258 e. The molecule has 3 rings (SSSR count). The Morgan fingerprint density at radius 2 is 1.81 bits per heavy atom. The van der Waals surface area contributed by atoms with Gasteiger partial charge >= 0.3 is 0 Å². The molecule has 1 heterocycles. The van der Waals surface area contributed by atoms with Gasteiger partial charge in [0.2, 0.25) is 0 Å². The molecule has 0 saturated heterocycles. The summed E-state index contributed by atoms with van der Waals surface area (Å²) < 4.78 is 0. The van der Waals surface area contributed by atoms with Crippen LogP contribution >= 0.6 is 0 Å². The number of fused-ring (bicyclic) bond motifs is 1. The second-order valence-corrected chi connectivity index (χ2v) is 4.97. The van der Waals surface area contributed by atoms with Crippen molar-refractivity contribution >= 4 is 23.0 Å². The summed E-state index contributed by atoms with van der Waals surface area (Å²) in [7, 11) is 0. The molecule has 0 fully saturated rings. The van der Waals surface area contributed by atoms with E-state index in [2.05, 4.69) is 10.6 Å². The molecular formula is C17H19N3O. The highest BCUT2D eigenvalue weighted by Crippen LogP contribution is 2.35. The number of carbonyl (C=O) groups is 1. The highest BCUT2D eigenvalue weighted by molar-refractivity contribution is 6.08. The summed E-state index contributed by atoms with van der Waals surface area (Å²) in [6, 6.07) is 15.4. The van der Waals surface area contributed by atoms with Gasteiger partial charge in [-0.05, 0) is 31.2 Å². The number of hydrogen-bond donors (Lipinski definition) is 2. The molecule has 4 nitrogen and oxygen atoms in total. The molecule has 0 saturated carbocycles. The first-order valence-electron chi connectivity index (χ1n) is 7.29. The first kappa shape index (κ1) is 13.5. The van der Waals surface area contributed by atoms with Crippen LogP contribution in [-0.4, -0.2) is 25.5 Å². The summed E-state index contributed by atoms with van der Waals surface area (Å²) in [6.07, 6.45) is 0. The van der Waals surface area contributed by atoms with E-state index in [1.165, 1.54) is 0 Å². The van der Waals surface area contributed by atoms with Gasteiger partial charge in [0.25, 0.3) is 5.91 Å². The monoisotopic (exact) mass is 281 g/mol. The summed E-state index contributed by atoms with van der Waals surface area (Å²) in [5.41, 5.74) is 3.70. The molecule has 1 amide bonds. The Morgan fingerprint density at radius 3 is 2.57 bits per heavy atom. The molecule has 0 unspecified atom stereocenters. The van der Waals surface area contributed by atoms with Gasteiger partial charge in [-0.2, -0.15) is 0 Å². The number of benzene rings is 2. The predicted molar refractivity (Wildman–Crippen MR) is 87.2 cm³/mol. The number of nitrogens with one attached hydrogen (secondary N) is 2. The molecule has 0 aliphatic carbocycles. The summed E-state index contributed by atoms with van der Waals surface area (Å²) in [4.78, 5) is 14.6. The third-order valence-corrected chi connectivity index (χ3v) is 3.66. The summed E-state index contributed by atoms with van der Waals surface area (Å²) in [5, 5.41) is 6.76. The van der Waals surface area contributed by atoms with E-state index >= 15 is 0 Å². The van der Waals surface area contributed by atoms with Crippen LogP contribution < -0.4 is 15.5 Å². The third-order valence-electron chi connectivity index (χ3n) is 3.66. The van der Waals surface area contributed by atoms with E-state index < -0.39 is 0 Å². The van der Waals surface area contributed by atoms with E-state index in [0.717, 1.165) is 30.2 Å². The Labute approximate surface area is 124 Å². The number of nitrogens with zero attached hydrogens (tertiary/aromatic N) is 1. The van der Waals surface area contributed by atoms with Gasteiger partial charge in [-0.3, -0.25) is 4.79 Å². The number of para-hydroxylation sites is 1. The summed E-state index contributed by atoms with van der Waals surface area (Å²) in [5.74, 6) is 0.0267. The third kappa shape index (κ3) is 2.57. The topological polar surface area (TPSA) is 44.4 Å². The maximum atomic E-state index is 12.7. The van der Waals surface area contributed by atoms with Crippen LogP contribution in [-0.2, 0) is 0 Å². The lowest BCUT2D eigenvalue weighted by molar-refractivity contribution is 0.0988. The van der Waals surface area contributed by atoms with Gasteiger partial charge in [0, 0.05) is 25.2 Å². The molecule has 0 bridgehead atoms. The first-order valence-corrected chi connectivity index (χ1v) is 7.29. The number of hydrogen-bond acceptors (Lipinski definition) is 3. The van der Waals surface area contributed by atoms with Crippen LogP contribution in [0, 0.1) is 0 Å². The van der Waals surface area contributed by atoms with Crippen LogP contribution in [0.5, 0.6) is 0 Å². The highest BCUT2D eigenvalue weighted by atomic mass is 16.2. The van der Waals surface area contributed by atoms with Crippen molar-refractivity contribution in [2.24, 2.45) is 0 Å². The second kappa shape index (κ2) is 5.87. The molecule has 0 aromatic heterocycles. The van der Waals surface area contributed by atoms with E-state index in [9.17, 15) is 4.79 Å². The lowest BCUT2D eigenvalue weighted by Gasteiger charge is -2.28. The van der Waals surface area contributed by atoms with Gasteiger partial charge in [-0.1, -0.05) is 24.3 Å². The molecule has 108 valence electrons. The molecule has 0 radical (unpaired) electrons. The molecule has 2 N–H and O–H groups in total. The first-order chi connectivity index (χ1) is 10.3. The van der Waals surface area contributed by atoms with Crippen molar-refractivity contribution in [2.75, 3.05) is 35.2 Å². The smallest absolute Gasteiger partial charge is 0.258 e. The van der Waals surface area contributed by atoms with Crippen molar-refractivity contribution in [3.63, 3.8) is 0 Å². The Hall–Kier alpha value is -2.49. The molecule has 0 atom stereocenters. The maximum absolute atomic E-state index is 12.7. The van der Waals surface area contributed by atoms with Crippen LogP contribution in [0.15, 0.2) is 48.5 Å². The largest absolute Gasteiger partial charge is 0.382 e. The average molecular weight is 281 g/mol. The van der Waals surface area contributed by atoms with Gasteiger partial charge in [-0.15, -0.1) is 0 Å². The van der Waals surface area contributed by atoms with Crippen molar-refractivity contribution in [3.8, 4) is 0 Å². The fraction of sp³-hybridized carbons (Fsp3) is 0.235. The molecule has 2 aromatic carbocycles. The van der Waals surface area contributed by atoms with Gasteiger partial charge < -0.3 is 15.5 Å². The van der Waals surface area contributed by atoms with E-state index in [1.807, 2.05) is 60.4 Å². The predicted octanol–water partition coefficient (Wildman–Crippen LogP) is 3.19. The zero-order valence-corrected chi connectivity index (χ0v) is 12.1. The van der Waals surface area contributed by atoms with Crippen LogP contribution in [0.3, 0.4) is 0 Å². The Balaban J connectivity index is 1.99. The Bertz CT molecular complexity index is 640. The van der Waals surface area contributed by atoms with Gasteiger partial charge in [0.1, 0.15) is 0 Å². The van der Waals surface area contributed by atoms with E-state index in [4.69, 9.17) is 0 Å². The number of rotatable bonds is 3. The number of amides is 1. The van der Waals surface area contributed by atoms with E-state index in [-0.39, 0.29) is 5.91 Å². The van der Waals surface area contributed by atoms with Crippen LogP contribution in [0.2, 0.25) is 0 Å². The van der Waals surface area contributed by atoms with Gasteiger partial charge in [-0.25, -0.2) is 0 Å². The van der Waals surface area contributed by atoms with Crippen molar-refractivity contribution in [3.05, 3.63) is 54.1 Å². The zero-order valence-electron chi connectivity index (χ0n) is 12.1. The molecule has 1 aliphatic heterocycles. The fourth-order valence-corrected chi connectivity index (χ4v) is 2.64. The summed E-state index contributed by atoms with van der Waals surface area (Å²) in [6.45, 7) is 4.39. The highest BCUT2D eigenvalue weighted by Gasteiger charge is 2.21. The summed E-state index contributed by atoms with van der Waals surface area (Å²) >= 11 is 0. The normalized spacial score (nSPS) is 12.8. The molecule has 0 spiro atoms. The lowest BCUT2D eigenvalue weighted by Crippen LogP contribution is -2.32. The molecule has 1 aliphatic rings. The Kier molecular flexibility index (Phi) is 3.77. The molecular weight excluding hydrogens is 262 g/mol. The van der Waals surface area contributed by atoms with Crippen LogP contribution in [0.25, 0.3) is 0 Å². The fourth-order valence-electron chi connectivity index (χ4n) is 2.64. The standard InChI is InChI=1S/C17H19N3O/c1-2-20(17(21)13-7-4-3-5-8-13)15-10-6-9-14-16(15)19-12-11-18-14/h3-10,18-19H,2,11-12H2,1H3. The number of anilines is 3. The minimum absolute atomic E-state index is 0.0267. The van der Waals surface area contributed by atoms with Gasteiger partial charge in [0.05, 0.1) is 17.1 Å². The number of carbonyl (C=O) groups excluding carboxylic acids is 1. The molecule has 4 heteroatoms. The average Bonchev–Trinajstić information content (AvgIpc) is 2.56. The Morgan fingerprint density at radius 1 is 1.05 bits per heavy atom. The van der Waals surface area contributed by atoms with E-state index in [1.54, 1.807) is 0 Å². The quantitative estimate of drug-likeness (QED) is 0.908. The lowest BCUT2D eigenvalue weighted by atomic mass is 10.1. The van der Waals surface area contributed by atoms with Gasteiger partial charge in [0.15, 0.2) is 0 Å². The zero-order chi connectivity index (χ0) is 14.7. The van der Waals surface area contributed by atoms with Crippen molar-refractivity contribution in [1.82, 2.24) is 0 Å². The molecule has 21 heavy (non-hydrogen) atoms. The minimum Gasteiger partial charge on any atom is -0.382 e. The van der Waals surface area contributed by atoms with Crippen LogP contribution in [0.1, 0.15) is 17.3 Å². The van der Waals surface area contributed by atoms with Crippen molar-refractivity contribution < 1.29 is 4.79 Å². The SMILES string of the molecule is CCN(C(=O)c1ccccc1)c1cccc2c1NCCN2. The van der Waals surface area contributed by atoms with E-state index in [0.29, 0.717) is 12.1 Å². The van der Waals surface area contributed by atoms with Crippen molar-refractivity contribution in [1.29, 1.82) is 0 Å². The van der Waals surface area contributed by atoms with Crippen molar-refractivity contribution in [2.45, 2.75) is 6.92 Å². The van der Waals surface area contributed by atoms with Crippen LogP contribution in [0.4, 0.5) is 17.1 Å². The second-order valence-electron chi connectivity index (χ2n) is 4.97.